The molecule has 2 heterocycles. The van der Waals surface area contributed by atoms with Gasteiger partial charge in [-0.05, 0) is 18.2 Å². The van der Waals surface area contributed by atoms with Gasteiger partial charge in [-0.25, -0.2) is 9.18 Å². The second-order valence-electron chi connectivity index (χ2n) is 4.20. The fraction of sp³-hybridized carbons (Fsp3) is 0.167. The molecule has 1 N–H and O–H groups in total. The Morgan fingerprint density at radius 2 is 2.28 bits per heavy atom. The summed E-state index contributed by atoms with van der Waals surface area (Å²) in [4.78, 5) is 14.5. The molecule has 0 aliphatic carbocycles. The molecule has 6 heteroatoms. The predicted molar refractivity (Wildman–Crippen MR) is 64.8 cm³/mol. The molecule has 0 aliphatic rings. The lowest BCUT2D eigenvalue weighted by Crippen LogP contribution is -2.17. The number of hydrogen-bond acceptors (Lipinski definition) is 2. The summed E-state index contributed by atoms with van der Waals surface area (Å²) in [6, 6.07) is 4.25. The SMILES string of the molecule is Cn1cc(Cn2c(=O)[nH]c3cc(F)ccc32)cn1. The van der Waals surface area contributed by atoms with Gasteiger partial charge in [0, 0.05) is 18.8 Å². The minimum Gasteiger partial charge on any atom is -0.305 e. The third-order valence-corrected chi connectivity index (χ3v) is 2.84. The first-order valence-corrected chi connectivity index (χ1v) is 5.49. The highest BCUT2D eigenvalue weighted by Gasteiger charge is 2.08. The van der Waals surface area contributed by atoms with E-state index in [4.69, 9.17) is 0 Å². The van der Waals surface area contributed by atoms with Gasteiger partial charge in [0.1, 0.15) is 5.82 Å². The van der Waals surface area contributed by atoms with Gasteiger partial charge in [-0.15, -0.1) is 0 Å². The van der Waals surface area contributed by atoms with Crippen LogP contribution < -0.4 is 5.69 Å². The van der Waals surface area contributed by atoms with Gasteiger partial charge in [-0.1, -0.05) is 0 Å². The van der Waals surface area contributed by atoms with E-state index in [1.165, 1.54) is 12.1 Å². The Labute approximate surface area is 101 Å². The van der Waals surface area contributed by atoms with Gasteiger partial charge in [0.15, 0.2) is 0 Å². The van der Waals surface area contributed by atoms with Crippen molar-refractivity contribution in [2.75, 3.05) is 0 Å². The van der Waals surface area contributed by atoms with Crippen LogP contribution in [0.3, 0.4) is 0 Å². The highest BCUT2D eigenvalue weighted by Crippen LogP contribution is 2.13. The van der Waals surface area contributed by atoms with E-state index in [-0.39, 0.29) is 11.5 Å². The van der Waals surface area contributed by atoms with Crippen LogP contribution in [0.4, 0.5) is 4.39 Å². The van der Waals surface area contributed by atoms with Crippen molar-refractivity contribution in [3.8, 4) is 0 Å². The van der Waals surface area contributed by atoms with Gasteiger partial charge >= 0.3 is 5.69 Å². The quantitative estimate of drug-likeness (QED) is 0.739. The van der Waals surface area contributed by atoms with Crippen molar-refractivity contribution >= 4 is 11.0 Å². The van der Waals surface area contributed by atoms with Crippen LogP contribution in [0.25, 0.3) is 11.0 Å². The molecule has 0 amide bonds. The standard InChI is InChI=1S/C12H11FN4O/c1-16-6-8(5-14-16)7-17-11-3-2-9(13)4-10(11)15-12(17)18/h2-6H,7H2,1H3,(H,15,18). The summed E-state index contributed by atoms with van der Waals surface area (Å²) in [7, 11) is 1.82. The minimum absolute atomic E-state index is 0.251. The molecule has 0 unspecified atom stereocenters. The fourth-order valence-electron chi connectivity index (χ4n) is 2.03. The van der Waals surface area contributed by atoms with Crippen LogP contribution in [-0.4, -0.2) is 19.3 Å². The van der Waals surface area contributed by atoms with E-state index in [1.54, 1.807) is 21.5 Å². The van der Waals surface area contributed by atoms with Crippen molar-refractivity contribution < 1.29 is 4.39 Å². The Morgan fingerprint density at radius 3 is 3.00 bits per heavy atom. The lowest BCUT2D eigenvalue weighted by atomic mass is 10.3. The number of aromatic nitrogens is 4. The van der Waals surface area contributed by atoms with E-state index >= 15 is 0 Å². The lowest BCUT2D eigenvalue weighted by Gasteiger charge is -2.00. The summed E-state index contributed by atoms with van der Waals surface area (Å²) in [6.07, 6.45) is 3.55. The van der Waals surface area contributed by atoms with Gasteiger partial charge < -0.3 is 4.98 Å². The van der Waals surface area contributed by atoms with Crippen molar-refractivity contribution in [2.24, 2.45) is 7.05 Å². The molecule has 0 radical (unpaired) electrons. The van der Waals surface area contributed by atoms with Gasteiger partial charge in [0.2, 0.25) is 0 Å². The van der Waals surface area contributed by atoms with Crippen LogP contribution in [0.1, 0.15) is 5.56 Å². The van der Waals surface area contributed by atoms with Crippen LogP contribution >= 0.6 is 0 Å². The van der Waals surface area contributed by atoms with E-state index in [0.29, 0.717) is 17.6 Å². The monoisotopic (exact) mass is 246 g/mol. The minimum atomic E-state index is -0.364. The van der Waals surface area contributed by atoms with Crippen LogP contribution in [-0.2, 0) is 13.6 Å². The number of fused-ring (bicyclic) bond motifs is 1. The molecule has 2 aromatic heterocycles. The molecule has 18 heavy (non-hydrogen) atoms. The summed E-state index contributed by atoms with van der Waals surface area (Å²) < 4.78 is 16.3. The number of imidazole rings is 1. The third kappa shape index (κ3) is 1.71. The van der Waals surface area contributed by atoms with E-state index in [9.17, 15) is 9.18 Å². The van der Waals surface area contributed by atoms with Crippen molar-refractivity contribution in [3.63, 3.8) is 0 Å². The first-order chi connectivity index (χ1) is 8.63. The summed E-state index contributed by atoms with van der Waals surface area (Å²) in [6.45, 7) is 0.415. The van der Waals surface area contributed by atoms with Gasteiger partial charge in [-0.2, -0.15) is 5.10 Å². The number of hydrogen-bond donors (Lipinski definition) is 1. The van der Waals surface area contributed by atoms with Gasteiger partial charge in [0.05, 0.1) is 23.8 Å². The summed E-state index contributed by atoms with van der Waals surface area (Å²) in [5.74, 6) is -0.364. The smallest absolute Gasteiger partial charge is 0.305 e. The van der Waals surface area contributed by atoms with Crippen LogP contribution in [0, 0.1) is 5.82 Å². The normalized spacial score (nSPS) is 11.2. The molecule has 0 saturated carbocycles. The summed E-state index contributed by atoms with van der Waals surface area (Å²) in [5, 5.41) is 4.05. The Balaban J connectivity index is 2.11. The number of H-pyrrole nitrogens is 1. The Hall–Kier alpha value is -2.37. The Bertz CT molecular complexity index is 768. The van der Waals surface area contributed by atoms with Crippen LogP contribution in [0.5, 0.6) is 0 Å². The topological polar surface area (TPSA) is 55.6 Å². The first-order valence-electron chi connectivity index (χ1n) is 5.49. The number of benzene rings is 1. The van der Waals surface area contributed by atoms with E-state index in [1.807, 2.05) is 13.2 Å². The molecule has 3 aromatic rings. The molecule has 0 spiro atoms. The fourth-order valence-corrected chi connectivity index (χ4v) is 2.03. The second kappa shape index (κ2) is 3.83. The Kier molecular flexibility index (Phi) is 2.29. The maximum absolute atomic E-state index is 13.1. The maximum atomic E-state index is 13.1. The summed E-state index contributed by atoms with van der Waals surface area (Å²) >= 11 is 0. The number of rotatable bonds is 2. The van der Waals surface area contributed by atoms with E-state index < -0.39 is 0 Å². The third-order valence-electron chi connectivity index (χ3n) is 2.84. The van der Waals surface area contributed by atoms with Crippen LogP contribution in [0.15, 0.2) is 35.4 Å². The molecule has 0 saturated heterocycles. The summed E-state index contributed by atoms with van der Waals surface area (Å²) in [5.41, 5.74) is 1.86. The average molecular weight is 246 g/mol. The average Bonchev–Trinajstić information content (AvgIpc) is 2.84. The van der Waals surface area contributed by atoms with Crippen LogP contribution in [0.2, 0.25) is 0 Å². The second-order valence-corrected chi connectivity index (χ2v) is 4.20. The molecule has 0 aliphatic heterocycles. The van der Waals surface area contributed by atoms with Crippen molar-refractivity contribution in [1.29, 1.82) is 0 Å². The van der Waals surface area contributed by atoms with Gasteiger partial charge in [-0.3, -0.25) is 9.25 Å². The molecule has 5 nitrogen and oxygen atoms in total. The molecular weight excluding hydrogens is 235 g/mol. The van der Waals surface area contributed by atoms with E-state index in [2.05, 4.69) is 10.1 Å². The number of halogens is 1. The zero-order valence-corrected chi connectivity index (χ0v) is 9.72. The highest BCUT2D eigenvalue weighted by atomic mass is 19.1. The molecule has 0 bridgehead atoms. The first kappa shape index (κ1) is 10.8. The Morgan fingerprint density at radius 1 is 1.44 bits per heavy atom. The zero-order chi connectivity index (χ0) is 12.7. The van der Waals surface area contributed by atoms with Crippen molar-refractivity contribution in [1.82, 2.24) is 19.3 Å². The molecule has 0 fully saturated rings. The number of aromatic amines is 1. The zero-order valence-electron chi connectivity index (χ0n) is 9.72. The molecular formula is C12H11FN4O. The number of aryl methyl sites for hydroxylation is 1. The molecule has 1 aromatic carbocycles. The maximum Gasteiger partial charge on any atom is 0.326 e. The highest BCUT2D eigenvalue weighted by molar-refractivity contribution is 5.75. The van der Waals surface area contributed by atoms with Gasteiger partial charge in [0.25, 0.3) is 0 Å². The van der Waals surface area contributed by atoms with E-state index in [0.717, 1.165) is 5.56 Å². The lowest BCUT2D eigenvalue weighted by molar-refractivity contribution is 0.629. The largest absolute Gasteiger partial charge is 0.326 e. The number of nitrogens with one attached hydrogen (secondary N) is 1. The predicted octanol–water partition coefficient (Wildman–Crippen LogP) is 1.25. The number of nitrogens with zero attached hydrogens (tertiary/aromatic N) is 3. The van der Waals surface area contributed by atoms with Crippen molar-refractivity contribution in [2.45, 2.75) is 6.54 Å². The van der Waals surface area contributed by atoms with Crippen molar-refractivity contribution in [3.05, 3.63) is 52.5 Å². The molecule has 92 valence electrons. The molecule has 3 rings (SSSR count). The molecule has 0 atom stereocenters.